The van der Waals surface area contributed by atoms with Crippen LogP contribution in [-0.2, 0) is 10.0 Å². The van der Waals surface area contributed by atoms with E-state index in [-0.39, 0.29) is 11.5 Å². The van der Waals surface area contributed by atoms with Crippen molar-refractivity contribution in [2.75, 3.05) is 19.3 Å². The van der Waals surface area contributed by atoms with E-state index in [2.05, 4.69) is 9.97 Å². The van der Waals surface area contributed by atoms with Crippen LogP contribution in [0.15, 0.2) is 30.3 Å². The first-order valence-electron chi connectivity index (χ1n) is 7.88. The van der Waals surface area contributed by atoms with Crippen LogP contribution >= 0.6 is 0 Å². The lowest BCUT2D eigenvalue weighted by Gasteiger charge is -2.14. The van der Waals surface area contributed by atoms with E-state index in [1.807, 2.05) is 6.07 Å². The maximum Gasteiger partial charge on any atom is 0.335 e. The molecule has 2 heterocycles. The molecule has 0 radical (unpaired) electrons. The van der Waals surface area contributed by atoms with Crippen LogP contribution in [0, 0.1) is 6.92 Å². The number of nitrogens with zero attached hydrogens (tertiary/aromatic N) is 3. The zero-order valence-electron chi connectivity index (χ0n) is 14.0. The lowest BCUT2D eigenvalue weighted by Crippen LogP contribution is -2.27. The van der Waals surface area contributed by atoms with Gasteiger partial charge in [-0.3, -0.25) is 0 Å². The summed E-state index contributed by atoms with van der Waals surface area (Å²) in [6, 6.07) is 8.41. The van der Waals surface area contributed by atoms with Gasteiger partial charge in [0.1, 0.15) is 5.82 Å². The molecule has 1 saturated heterocycles. The Labute approximate surface area is 146 Å². The van der Waals surface area contributed by atoms with Gasteiger partial charge in [-0.05, 0) is 31.5 Å². The van der Waals surface area contributed by atoms with E-state index in [1.165, 1.54) is 16.6 Å². The summed E-state index contributed by atoms with van der Waals surface area (Å²) in [7, 11) is -3.21. The summed E-state index contributed by atoms with van der Waals surface area (Å²) < 4.78 is 24.9. The predicted molar refractivity (Wildman–Crippen MR) is 92.9 cm³/mol. The van der Waals surface area contributed by atoms with E-state index in [4.69, 9.17) is 5.11 Å². The van der Waals surface area contributed by atoms with Gasteiger partial charge in [0.2, 0.25) is 10.0 Å². The number of aryl methyl sites for hydroxylation is 1. The first-order chi connectivity index (χ1) is 11.7. The van der Waals surface area contributed by atoms with Gasteiger partial charge in [0.25, 0.3) is 0 Å². The molecule has 3 rings (SSSR count). The van der Waals surface area contributed by atoms with Crippen molar-refractivity contribution in [3.05, 3.63) is 47.4 Å². The van der Waals surface area contributed by atoms with E-state index in [0.29, 0.717) is 36.6 Å². The number of carboxylic acid groups (broad SMARTS) is 1. The molecule has 1 fully saturated rings. The molecular formula is C17H19N3O4S. The van der Waals surface area contributed by atoms with Gasteiger partial charge in [-0.25, -0.2) is 27.5 Å². The summed E-state index contributed by atoms with van der Waals surface area (Å²) >= 11 is 0. The van der Waals surface area contributed by atoms with Crippen LogP contribution in [0.1, 0.15) is 34.2 Å². The molecule has 1 N–H and O–H groups in total. The summed E-state index contributed by atoms with van der Waals surface area (Å²) in [6.45, 7) is 2.66. The van der Waals surface area contributed by atoms with Crippen LogP contribution in [0.4, 0.5) is 0 Å². The topological polar surface area (TPSA) is 100 Å². The molecule has 0 amide bonds. The van der Waals surface area contributed by atoms with Crippen LogP contribution in [0.25, 0.3) is 11.3 Å². The van der Waals surface area contributed by atoms with Crippen molar-refractivity contribution >= 4 is 16.0 Å². The summed E-state index contributed by atoms with van der Waals surface area (Å²) in [5.41, 5.74) is 2.32. The Balaban J connectivity index is 1.94. The highest BCUT2D eigenvalue weighted by Crippen LogP contribution is 2.29. The predicted octanol–water partition coefficient (Wildman–Crippen LogP) is 1.90. The lowest BCUT2D eigenvalue weighted by atomic mass is 10.0. The monoisotopic (exact) mass is 361 g/mol. The maximum atomic E-state index is 11.7. The van der Waals surface area contributed by atoms with Crippen molar-refractivity contribution in [3.8, 4) is 11.3 Å². The minimum absolute atomic E-state index is 0.0119. The number of aromatic carboxylic acids is 1. The fourth-order valence-electron chi connectivity index (χ4n) is 3.03. The number of hydrogen-bond donors (Lipinski definition) is 1. The Hall–Kier alpha value is -2.32. The van der Waals surface area contributed by atoms with Gasteiger partial charge in [-0.15, -0.1) is 0 Å². The van der Waals surface area contributed by atoms with Gasteiger partial charge in [-0.2, -0.15) is 0 Å². The summed E-state index contributed by atoms with van der Waals surface area (Å²) in [4.78, 5) is 20.0. The lowest BCUT2D eigenvalue weighted by molar-refractivity contribution is 0.0697. The molecule has 0 unspecified atom stereocenters. The van der Waals surface area contributed by atoms with Crippen LogP contribution in [0.5, 0.6) is 0 Å². The molecule has 132 valence electrons. The number of rotatable bonds is 4. The highest BCUT2D eigenvalue weighted by Gasteiger charge is 2.30. The average molecular weight is 361 g/mol. The Morgan fingerprint density at radius 3 is 2.68 bits per heavy atom. The first kappa shape index (κ1) is 17.5. The van der Waals surface area contributed by atoms with Crippen LogP contribution in [0.3, 0.4) is 0 Å². The third kappa shape index (κ3) is 3.85. The molecule has 0 aliphatic carbocycles. The molecule has 1 aromatic heterocycles. The molecule has 25 heavy (non-hydrogen) atoms. The van der Waals surface area contributed by atoms with E-state index in [9.17, 15) is 13.2 Å². The minimum Gasteiger partial charge on any atom is -0.478 e. The maximum absolute atomic E-state index is 11.7. The van der Waals surface area contributed by atoms with Gasteiger partial charge in [0.15, 0.2) is 0 Å². The quantitative estimate of drug-likeness (QED) is 0.893. The van der Waals surface area contributed by atoms with Gasteiger partial charge in [0.05, 0.1) is 17.5 Å². The molecule has 0 bridgehead atoms. The minimum atomic E-state index is -3.21. The van der Waals surface area contributed by atoms with Crippen molar-refractivity contribution < 1.29 is 18.3 Å². The van der Waals surface area contributed by atoms with E-state index < -0.39 is 16.0 Å². The summed E-state index contributed by atoms with van der Waals surface area (Å²) in [6.07, 6.45) is 1.92. The van der Waals surface area contributed by atoms with E-state index >= 15 is 0 Å². The highest BCUT2D eigenvalue weighted by atomic mass is 32.2. The van der Waals surface area contributed by atoms with E-state index in [1.54, 1.807) is 25.1 Å². The Bertz CT molecular complexity index is 927. The second kappa shape index (κ2) is 6.53. The second-order valence-corrected chi connectivity index (χ2v) is 8.20. The van der Waals surface area contributed by atoms with Crippen LogP contribution in [-0.4, -0.2) is 53.1 Å². The summed E-state index contributed by atoms with van der Waals surface area (Å²) in [5.74, 6) is -0.406. The third-order valence-electron chi connectivity index (χ3n) is 4.30. The number of benzene rings is 1. The molecule has 1 aliphatic heterocycles. The molecule has 8 heteroatoms. The molecule has 1 aliphatic rings. The van der Waals surface area contributed by atoms with Crippen LogP contribution < -0.4 is 0 Å². The van der Waals surface area contributed by atoms with Crippen molar-refractivity contribution in [2.24, 2.45) is 0 Å². The van der Waals surface area contributed by atoms with Gasteiger partial charge >= 0.3 is 5.97 Å². The Morgan fingerprint density at radius 2 is 2.04 bits per heavy atom. The fourth-order valence-corrected chi connectivity index (χ4v) is 3.92. The standard InChI is InChI=1S/C17H19N3O4S/c1-11-18-15(12-4-3-5-13(8-12)17(21)22)9-16(19-11)14-6-7-20(10-14)25(2,23)24/h3-5,8-9,14H,6-7,10H2,1-2H3,(H,21,22)/t14-/m1/s1. The summed E-state index contributed by atoms with van der Waals surface area (Å²) in [5, 5.41) is 9.15. The normalized spacial score (nSPS) is 18.4. The molecular weight excluding hydrogens is 342 g/mol. The Morgan fingerprint density at radius 1 is 1.28 bits per heavy atom. The molecule has 2 aromatic rings. The van der Waals surface area contributed by atoms with Crippen molar-refractivity contribution in [1.29, 1.82) is 0 Å². The number of carboxylic acids is 1. The van der Waals surface area contributed by atoms with Crippen molar-refractivity contribution in [3.63, 3.8) is 0 Å². The van der Waals surface area contributed by atoms with Crippen molar-refractivity contribution in [1.82, 2.24) is 14.3 Å². The van der Waals surface area contributed by atoms with Crippen molar-refractivity contribution in [2.45, 2.75) is 19.3 Å². The number of aromatic nitrogens is 2. The SMILES string of the molecule is Cc1nc(-c2cccc(C(=O)O)c2)cc([C@@H]2CCN(S(C)(=O)=O)C2)n1. The van der Waals surface area contributed by atoms with E-state index in [0.717, 1.165) is 5.69 Å². The zero-order valence-corrected chi connectivity index (χ0v) is 14.8. The fraction of sp³-hybridized carbons (Fsp3) is 0.353. The van der Waals surface area contributed by atoms with Crippen LogP contribution in [0.2, 0.25) is 0 Å². The number of hydrogen-bond acceptors (Lipinski definition) is 5. The average Bonchev–Trinajstić information content (AvgIpc) is 3.04. The first-order valence-corrected chi connectivity index (χ1v) is 9.73. The number of sulfonamides is 1. The zero-order chi connectivity index (χ0) is 18.2. The third-order valence-corrected chi connectivity index (χ3v) is 5.57. The highest BCUT2D eigenvalue weighted by molar-refractivity contribution is 7.88. The molecule has 0 spiro atoms. The molecule has 1 aromatic carbocycles. The smallest absolute Gasteiger partial charge is 0.335 e. The largest absolute Gasteiger partial charge is 0.478 e. The molecule has 7 nitrogen and oxygen atoms in total. The Kier molecular flexibility index (Phi) is 4.57. The second-order valence-electron chi connectivity index (χ2n) is 6.22. The van der Waals surface area contributed by atoms with Gasteiger partial charge < -0.3 is 5.11 Å². The molecule has 0 saturated carbocycles. The molecule has 1 atom stereocenters. The van der Waals surface area contributed by atoms with Gasteiger partial charge in [-0.1, -0.05) is 12.1 Å². The van der Waals surface area contributed by atoms with Gasteiger partial charge in [0, 0.05) is 30.3 Å². The number of carbonyl (C=O) groups is 1.